The van der Waals surface area contributed by atoms with Gasteiger partial charge in [-0.1, -0.05) is 107 Å². The van der Waals surface area contributed by atoms with Gasteiger partial charge < -0.3 is 4.42 Å². The van der Waals surface area contributed by atoms with Gasteiger partial charge in [-0.3, -0.25) is 0 Å². The maximum Gasteiger partial charge on any atom is 0.143 e. The second-order valence-corrected chi connectivity index (χ2v) is 8.78. The highest BCUT2D eigenvalue weighted by molar-refractivity contribution is 9.10. The molecule has 0 aliphatic rings. The lowest BCUT2D eigenvalue weighted by Gasteiger charge is -2.11. The van der Waals surface area contributed by atoms with E-state index in [9.17, 15) is 0 Å². The van der Waals surface area contributed by atoms with E-state index in [0.29, 0.717) is 0 Å². The molecule has 32 heavy (non-hydrogen) atoms. The van der Waals surface area contributed by atoms with Crippen LogP contribution in [0.4, 0.5) is 0 Å². The molecule has 0 bridgehead atoms. The number of furan rings is 1. The molecule has 152 valence electrons. The summed E-state index contributed by atoms with van der Waals surface area (Å²) in [5.41, 5.74) is 8.86. The van der Waals surface area contributed by atoms with Crippen LogP contribution in [0.5, 0.6) is 0 Å². The zero-order valence-corrected chi connectivity index (χ0v) is 18.8. The van der Waals surface area contributed by atoms with E-state index in [1.54, 1.807) is 0 Å². The summed E-state index contributed by atoms with van der Waals surface area (Å²) in [5, 5.41) is 2.30. The van der Waals surface area contributed by atoms with Crippen molar-refractivity contribution < 1.29 is 4.42 Å². The maximum atomic E-state index is 6.27. The van der Waals surface area contributed by atoms with Crippen molar-refractivity contribution in [2.75, 3.05) is 0 Å². The van der Waals surface area contributed by atoms with Crippen LogP contribution in [0, 0.1) is 0 Å². The molecular formula is C30H19BrO. The number of hydrogen-bond acceptors (Lipinski definition) is 1. The molecule has 0 aliphatic heterocycles. The molecule has 0 radical (unpaired) electrons. The van der Waals surface area contributed by atoms with Crippen LogP contribution in [-0.4, -0.2) is 0 Å². The van der Waals surface area contributed by atoms with Crippen LogP contribution < -0.4 is 0 Å². The molecular weight excluding hydrogens is 456 g/mol. The van der Waals surface area contributed by atoms with Gasteiger partial charge in [0.2, 0.25) is 0 Å². The van der Waals surface area contributed by atoms with E-state index in [0.717, 1.165) is 37.5 Å². The molecule has 0 saturated carbocycles. The van der Waals surface area contributed by atoms with Gasteiger partial charge in [0.05, 0.1) is 0 Å². The van der Waals surface area contributed by atoms with Crippen molar-refractivity contribution in [1.29, 1.82) is 0 Å². The normalized spacial score (nSPS) is 11.3. The van der Waals surface area contributed by atoms with E-state index in [1.165, 1.54) is 22.3 Å². The molecule has 1 heterocycles. The van der Waals surface area contributed by atoms with Crippen LogP contribution in [0.3, 0.4) is 0 Å². The molecule has 0 unspecified atom stereocenters. The number of hydrogen-bond donors (Lipinski definition) is 0. The molecule has 6 aromatic rings. The van der Waals surface area contributed by atoms with Crippen LogP contribution in [-0.2, 0) is 0 Å². The third-order valence-electron chi connectivity index (χ3n) is 5.96. The van der Waals surface area contributed by atoms with Crippen LogP contribution in [0.1, 0.15) is 0 Å². The molecule has 1 aromatic heterocycles. The molecule has 0 fully saturated rings. The SMILES string of the molecule is Brc1ccc(-c2ccccc2)cc1-c1cccc(-c2cccc3c2oc2ccccc23)c1. The Morgan fingerprint density at radius 1 is 0.469 bits per heavy atom. The highest BCUT2D eigenvalue weighted by Gasteiger charge is 2.13. The molecule has 1 nitrogen and oxygen atoms in total. The lowest BCUT2D eigenvalue weighted by molar-refractivity contribution is 0.670. The van der Waals surface area contributed by atoms with Gasteiger partial charge in [0.15, 0.2) is 0 Å². The Labute approximate surface area is 195 Å². The Kier molecular flexibility index (Phi) is 4.66. The monoisotopic (exact) mass is 474 g/mol. The first-order chi connectivity index (χ1) is 15.8. The Morgan fingerprint density at radius 2 is 1.16 bits per heavy atom. The summed E-state index contributed by atoms with van der Waals surface area (Å²) in [4.78, 5) is 0. The van der Waals surface area contributed by atoms with E-state index in [4.69, 9.17) is 4.42 Å². The fraction of sp³-hybridized carbons (Fsp3) is 0. The Bertz CT molecular complexity index is 1580. The average Bonchev–Trinajstić information content (AvgIpc) is 3.24. The zero-order valence-electron chi connectivity index (χ0n) is 17.3. The zero-order chi connectivity index (χ0) is 21.5. The van der Waals surface area contributed by atoms with Gasteiger partial charge in [-0.05, 0) is 52.1 Å². The van der Waals surface area contributed by atoms with Crippen LogP contribution >= 0.6 is 15.9 Å². The molecule has 6 rings (SSSR count). The van der Waals surface area contributed by atoms with Crippen molar-refractivity contribution >= 4 is 37.9 Å². The lowest BCUT2D eigenvalue weighted by Crippen LogP contribution is -1.85. The van der Waals surface area contributed by atoms with E-state index in [2.05, 4.69) is 113 Å². The van der Waals surface area contributed by atoms with Crippen LogP contribution in [0.2, 0.25) is 0 Å². The molecule has 0 aliphatic carbocycles. The number of halogens is 1. The van der Waals surface area contributed by atoms with E-state index in [-0.39, 0.29) is 0 Å². The minimum atomic E-state index is 0.921. The van der Waals surface area contributed by atoms with Gasteiger partial charge in [-0.25, -0.2) is 0 Å². The van der Waals surface area contributed by atoms with Crippen LogP contribution in [0.25, 0.3) is 55.3 Å². The average molecular weight is 475 g/mol. The topological polar surface area (TPSA) is 13.1 Å². The molecule has 2 heteroatoms. The number of benzene rings is 5. The van der Waals surface area contributed by atoms with Crippen molar-refractivity contribution in [3.05, 3.63) is 120 Å². The maximum absolute atomic E-state index is 6.27. The van der Waals surface area contributed by atoms with Gasteiger partial charge in [-0.15, -0.1) is 0 Å². The first-order valence-corrected chi connectivity index (χ1v) is 11.4. The minimum Gasteiger partial charge on any atom is -0.455 e. The second-order valence-electron chi connectivity index (χ2n) is 7.92. The highest BCUT2D eigenvalue weighted by Crippen LogP contribution is 2.38. The molecule has 5 aromatic carbocycles. The van der Waals surface area contributed by atoms with Crippen molar-refractivity contribution in [3.63, 3.8) is 0 Å². The third kappa shape index (κ3) is 3.24. The third-order valence-corrected chi connectivity index (χ3v) is 6.65. The number of rotatable bonds is 3. The fourth-order valence-corrected chi connectivity index (χ4v) is 4.86. The van der Waals surface area contributed by atoms with Gasteiger partial charge in [0.25, 0.3) is 0 Å². The van der Waals surface area contributed by atoms with Gasteiger partial charge in [0.1, 0.15) is 11.2 Å². The summed E-state index contributed by atoms with van der Waals surface area (Å²) >= 11 is 3.77. The first kappa shape index (κ1) is 19.1. The molecule has 0 atom stereocenters. The second kappa shape index (κ2) is 7.81. The number of para-hydroxylation sites is 2. The summed E-state index contributed by atoms with van der Waals surface area (Å²) in [6.07, 6.45) is 0. The van der Waals surface area contributed by atoms with Crippen molar-refractivity contribution in [3.8, 4) is 33.4 Å². The van der Waals surface area contributed by atoms with E-state index < -0.39 is 0 Å². The summed E-state index contributed by atoms with van der Waals surface area (Å²) in [5.74, 6) is 0. The molecule has 0 spiro atoms. The van der Waals surface area contributed by atoms with Gasteiger partial charge >= 0.3 is 0 Å². The Hall–Kier alpha value is -3.62. The Morgan fingerprint density at radius 3 is 2.03 bits per heavy atom. The summed E-state index contributed by atoms with van der Waals surface area (Å²) < 4.78 is 7.35. The standard InChI is InChI=1S/C30H19BrO/c31-28-17-16-21(20-8-2-1-3-9-20)19-27(28)23-11-6-10-22(18-23)24-13-7-14-26-25-12-4-5-15-29(25)32-30(24)26/h1-19H. The first-order valence-electron chi connectivity index (χ1n) is 10.6. The largest absolute Gasteiger partial charge is 0.455 e. The van der Waals surface area contributed by atoms with Crippen molar-refractivity contribution in [1.82, 2.24) is 0 Å². The number of fused-ring (bicyclic) bond motifs is 3. The predicted molar refractivity (Wildman–Crippen MR) is 138 cm³/mol. The quantitative estimate of drug-likeness (QED) is 0.249. The highest BCUT2D eigenvalue weighted by atomic mass is 79.9. The van der Waals surface area contributed by atoms with Gasteiger partial charge in [-0.2, -0.15) is 0 Å². The molecule has 0 N–H and O–H groups in total. The van der Waals surface area contributed by atoms with Crippen LogP contribution in [0.15, 0.2) is 124 Å². The summed E-state index contributed by atoms with van der Waals surface area (Å²) in [6.45, 7) is 0. The summed E-state index contributed by atoms with van der Waals surface area (Å²) in [7, 11) is 0. The minimum absolute atomic E-state index is 0.921. The lowest BCUT2D eigenvalue weighted by atomic mass is 9.95. The summed E-state index contributed by atoms with van der Waals surface area (Å²) in [6, 6.07) is 40.3. The smallest absolute Gasteiger partial charge is 0.143 e. The Balaban J connectivity index is 1.50. The predicted octanol–water partition coefficient (Wildman–Crippen LogP) is 9.35. The molecule has 0 saturated heterocycles. The van der Waals surface area contributed by atoms with E-state index in [1.807, 2.05) is 18.2 Å². The van der Waals surface area contributed by atoms with Crippen molar-refractivity contribution in [2.45, 2.75) is 0 Å². The van der Waals surface area contributed by atoms with Gasteiger partial charge in [0, 0.05) is 20.8 Å². The van der Waals surface area contributed by atoms with Crippen molar-refractivity contribution in [2.24, 2.45) is 0 Å². The fourth-order valence-electron chi connectivity index (χ4n) is 4.39. The molecule has 0 amide bonds. The van der Waals surface area contributed by atoms with E-state index >= 15 is 0 Å².